The third-order valence-electron chi connectivity index (χ3n) is 2.60. The molecule has 0 saturated heterocycles. The second kappa shape index (κ2) is 7.24. The van der Waals surface area contributed by atoms with Gasteiger partial charge in [0, 0.05) is 17.3 Å². The largest absolute Gasteiger partial charge is 0.393 e. The Hall–Kier alpha value is -1.26. The molecule has 0 aliphatic rings. The molecule has 1 rings (SSSR count). The fraction of sp³-hybridized carbons (Fsp3) is 0.462. The number of aliphatic hydroxyl groups is 1. The van der Waals surface area contributed by atoms with Gasteiger partial charge in [0.15, 0.2) is 0 Å². The van der Waals surface area contributed by atoms with E-state index in [4.69, 9.17) is 11.6 Å². The van der Waals surface area contributed by atoms with Crippen molar-refractivity contribution in [1.82, 2.24) is 5.32 Å². The van der Waals surface area contributed by atoms with Crippen LogP contribution >= 0.6 is 11.6 Å². The minimum atomic E-state index is -0.388. The Morgan fingerprint density at radius 3 is 2.50 bits per heavy atom. The van der Waals surface area contributed by atoms with Crippen molar-refractivity contribution >= 4 is 23.3 Å². The summed E-state index contributed by atoms with van der Waals surface area (Å²) in [5.74, 6) is 0.200. The van der Waals surface area contributed by atoms with E-state index in [1.165, 1.54) is 0 Å². The fourth-order valence-electron chi connectivity index (χ4n) is 1.38. The van der Waals surface area contributed by atoms with Crippen LogP contribution in [0.4, 0.5) is 10.5 Å². The normalized spacial score (nSPS) is 12.3. The summed E-state index contributed by atoms with van der Waals surface area (Å²) in [7, 11) is 0. The van der Waals surface area contributed by atoms with Crippen LogP contribution in [-0.2, 0) is 0 Å². The first kappa shape index (κ1) is 14.8. The molecule has 0 heterocycles. The Morgan fingerprint density at radius 2 is 1.94 bits per heavy atom. The van der Waals surface area contributed by atoms with Crippen LogP contribution in [0.1, 0.15) is 20.3 Å². The predicted molar refractivity (Wildman–Crippen MR) is 73.9 cm³/mol. The number of aliphatic hydroxyl groups excluding tert-OH is 1. The first-order valence-corrected chi connectivity index (χ1v) is 6.35. The van der Waals surface area contributed by atoms with Gasteiger partial charge < -0.3 is 15.7 Å². The minimum absolute atomic E-state index is 0.200. The summed E-state index contributed by atoms with van der Waals surface area (Å²) in [6, 6.07) is 6.59. The van der Waals surface area contributed by atoms with Gasteiger partial charge in [-0.2, -0.15) is 0 Å². The van der Waals surface area contributed by atoms with Crippen LogP contribution in [0.2, 0.25) is 5.02 Å². The Morgan fingerprint density at radius 1 is 1.33 bits per heavy atom. The van der Waals surface area contributed by atoms with E-state index >= 15 is 0 Å². The Kier molecular flexibility index (Phi) is 5.95. The van der Waals surface area contributed by atoms with Crippen LogP contribution in [0.5, 0.6) is 0 Å². The van der Waals surface area contributed by atoms with E-state index in [-0.39, 0.29) is 18.1 Å². The van der Waals surface area contributed by atoms with Gasteiger partial charge in [-0.25, -0.2) is 4.79 Å². The highest BCUT2D eigenvalue weighted by atomic mass is 35.5. The van der Waals surface area contributed by atoms with Gasteiger partial charge in [0.1, 0.15) is 0 Å². The van der Waals surface area contributed by atoms with Crippen molar-refractivity contribution in [3.63, 3.8) is 0 Å². The molecule has 0 aromatic heterocycles. The molecule has 3 N–H and O–H groups in total. The van der Waals surface area contributed by atoms with E-state index < -0.39 is 0 Å². The number of nitrogens with one attached hydrogen (secondary N) is 2. The average molecular weight is 271 g/mol. The quantitative estimate of drug-likeness (QED) is 0.770. The lowest BCUT2D eigenvalue weighted by atomic mass is 10.0. The van der Waals surface area contributed by atoms with Gasteiger partial charge in [-0.15, -0.1) is 0 Å². The van der Waals surface area contributed by atoms with Gasteiger partial charge in [-0.3, -0.25) is 0 Å². The number of halogens is 1. The molecule has 0 spiro atoms. The smallest absolute Gasteiger partial charge is 0.319 e. The molecule has 0 radical (unpaired) electrons. The molecular weight excluding hydrogens is 252 g/mol. The molecule has 18 heavy (non-hydrogen) atoms. The highest BCUT2D eigenvalue weighted by Gasteiger charge is 2.09. The van der Waals surface area contributed by atoms with Crippen molar-refractivity contribution in [2.75, 3.05) is 11.9 Å². The second-order valence-corrected chi connectivity index (χ2v) is 4.92. The number of amides is 2. The molecule has 2 amide bonds. The molecule has 1 unspecified atom stereocenters. The van der Waals surface area contributed by atoms with Gasteiger partial charge in [0.2, 0.25) is 0 Å². The predicted octanol–water partition coefficient (Wildman–Crippen LogP) is 2.87. The highest BCUT2D eigenvalue weighted by molar-refractivity contribution is 6.30. The minimum Gasteiger partial charge on any atom is -0.393 e. The third kappa shape index (κ3) is 5.38. The van der Waals surface area contributed by atoms with Gasteiger partial charge in [-0.05, 0) is 36.6 Å². The van der Waals surface area contributed by atoms with Crippen LogP contribution in [0, 0.1) is 5.92 Å². The summed E-state index contributed by atoms with van der Waals surface area (Å²) in [4.78, 5) is 11.5. The second-order valence-electron chi connectivity index (χ2n) is 4.49. The number of anilines is 1. The molecule has 0 bridgehead atoms. The highest BCUT2D eigenvalue weighted by Crippen LogP contribution is 2.13. The summed E-state index contributed by atoms with van der Waals surface area (Å²) in [5, 5.41) is 15.6. The van der Waals surface area contributed by atoms with Gasteiger partial charge in [0.25, 0.3) is 0 Å². The van der Waals surface area contributed by atoms with Crippen molar-refractivity contribution < 1.29 is 9.90 Å². The molecule has 5 heteroatoms. The fourth-order valence-corrected chi connectivity index (χ4v) is 1.50. The number of hydrogen-bond acceptors (Lipinski definition) is 2. The molecular formula is C13H19ClN2O2. The molecule has 1 aromatic rings. The first-order valence-electron chi connectivity index (χ1n) is 5.97. The molecule has 1 aromatic carbocycles. The van der Waals surface area contributed by atoms with Crippen molar-refractivity contribution in [2.24, 2.45) is 5.92 Å². The zero-order valence-electron chi connectivity index (χ0n) is 10.6. The number of hydrogen-bond donors (Lipinski definition) is 3. The molecule has 0 aliphatic carbocycles. The number of benzene rings is 1. The van der Waals surface area contributed by atoms with E-state index in [0.29, 0.717) is 23.7 Å². The Bertz CT molecular complexity index is 379. The maximum absolute atomic E-state index is 11.5. The van der Waals surface area contributed by atoms with Crippen LogP contribution in [0.3, 0.4) is 0 Å². The topological polar surface area (TPSA) is 61.4 Å². The SMILES string of the molecule is CC(C)C(O)CCNC(=O)Nc1ccc(Cl)cc1. The summed E-state index contributed by atoms with van der Waals surface area (Å²) in [6.07, 6.45) is 0.159. The van der Waals surface area contributed by atoms with Gasteiger partial charge in [-0.1, -0.05) is 25.4 Å². The van der Waals surface area contributed by atoms with Crippen LogP contribution in [0.25, 0.3) is 0 Å². The summed E-state index contributed by atoms with van der Waals surface area (Å²) < 4.78 is 0. The maximum Gasteiger partial charge on any atom is 0.319 e. The number of rotatable bonds is 5. The van der Waals surface area contributed by atoms with E-state index in [9.17, 15) is 9.90 Å². The van der Waals surface area contributed by atoms with E-state index in [0.717, 1.165) is 0 Å². The maximum atomic E-state index is 11.5. The van der Waals surface area contributed by atoms with Crippen LogP contribution in [-0.4, -0.2) is 23.8 Å². The van der Waals surface area contributed by atoms with Crippen LogP contribution < -0.4 is 10.6 Å². The van der Waals surface area contributed by atoms with E-state index in [2.05, 4.69) is 10.6 Å². The van der Waals surface area contributed by atoms with Crippen molar-refractivity contribution in [1.29, 1.82) is 0 Å². The van der Waals surface area contributed by atoms with E-state index in [1.54, 1.807) is 24.3 Å². The standard InChI is InChI=1S/C13H19ClN2O2/c1-9(2)12(17)7-8-15-13(18)16-11-5-3-10(14)4-6-11/h3-6,9,12,17H,7-8H2,1-2H3,(H2,15,16,18). The van der Waals surface area contributed by atoms with Gasteiger partial charge >= 0.3 is 6.03 Å². The molecule has 0 aliphatic heterocycles. The average Bonchev–Trinajstić information content (AvgIpc) is 2.32. The Labute approximate surface area is 112 Å². The molecule has 1 atom stereocenters. The third-order valence-corrected chi connectivity index (χ3v) is 2.85. The number of carbonyl (C=O) groups excluding carboxylic acids is 1. The van der Waals surface area contributed by atoms with Crippen LogP contribution in [0.15, 0.2) is 24.3 Å². The Balaban J connectivity index is 2.27. The van der Waals surface area contributed by atoms with Crippen molar-refractivity contribution in [3.8, 4) is 0 Å². The van der Waals surface area contributed by atoms with Gasteiger partial charge in [0.05, 0.1) is 6.10 Å². The monoisotopic (exact) mass is 270 g/mol. The lowest BCUT2D eigenvalue weighted by molar-refractivity contribution is 0.117. The number of urea groups is 1. The number of carbonyl (C=O) groups is 1. The van der Waals surface area contributed by atoms with E-state index in [1.807, 2.05) is 13.8 Å². The molecule has 4 nitrogen and oxygen atoms in total. The molecule has 0 fully saturated rings. The summed E-state index contributed by atoms with van der Waals surface area (Å²) in [5.41, 5.74) is 0.682. The molecule has 100 valence electrons. The first-order chi connectivity index (χ1) is 8.49. The zero-order valence-corrected chi connectivity index (χ0v) is 11.4. The zero-order chi connectivity index (χ0) is 13.5. The summed E-state index contributed by atoms with van der Waals surface area (Å²) in [6.45, 7) is 4.33. The summed E-state index contributed by atoms with van der Waals surface area (Å²) >= 11 is 5.74. The van der Waals surface area contributed by atoms with Crippen molar-refractivity contribution in [2.45, 2.75) is 26.4 Å². The molecule has 0 saturated carbocycles. The lowest BCUT2D eigenvalue weighted by Gasteiger charge is -2.14. The van der Waals surface area contributed by atoms with Crippen molar-refractivity contribution in [3.05, 3.63) is 29.3 Å². The lowest BCUT2D eigenvalue weighted by Crippen LogP contribution is -2.32.